The molecule has 0 aromatic heterocycles. The molecule has 0 aliphatic carbocycles. The first-order chi connectivity index (χ1) is 14.6. The fraction of sp³-hybridized carbons (Fsp3) is 0.591. The number of imide groups is 1. The minimum atomic E-state index is -0.335. The summed E-state index contributed by atoms with van der Waals surface area (Å²) in [6.45, 7) is 7.63. The molecule has 2 fully saturated rings. The van der Waals surface area contributed by atoms with E-state index in [0.29, 0.717) is 26.0 Å². The van der Waals surface area contributed by atoms with E-state index >= 15 is 0 Å². The van der Waals surface area contributed by atoms with E-state index in [4.69, 9.17) is 4.74 Å². The van der Waals surface area contributed by atoms with Crippen LogP contribution in [0.2, 0.25) is 0 Å². The summed E-state index contributed by atoms with van der Waals surface area (Å²) in [7, 11) is 0. The van der Waals surface area contributed by atoms with Crippen LogP contribution >= 0.6 is 0 Å². The van der Waals surface area contributed by atoms with Crippen LogP contribution in [-0.4, -0.2) is 68.7 Å². The van der Waals surface area contributed by atoms with E-state index in [1.807, 2.05) is 12.1 Å². The highest BCUT2D eigenvalue weighted by molar-refractivity contribution is 6.00. The van der Waals surface area contributed by atoms with E-state index < -0.39 is 0 Å². The molecule has 1 aromatic rings. The zero-order valence-electron chi connectivity index (χ0n) is 17.7. The smallest absolute Gasteiger partial charge is 0.407 e. The first-order valence-corrected chi connectivity index (χ1v) is 10.9. The normalized spacial score (nSPS) is 20.0. The van der Waals surface area contributed by atoms with Gasteiger partial charge in [-0.2, -0.15) is 0 Å². The highest BCUT2D eigenvalue weighted by Gasteiger charge is 2.28. The summed E-state index contributed by atoms with van der Waals surface area (Å²) in [5, 5.41) is 5.22. The Kier molecular flexibility index (Phi) is 8.07. The van der Waals surface area contributed by atoms with Crippen LogP contribution in [0, 0.1) is 0 Å². The number of nitrogens with zero attached hydrogens (tertiary/aromatic N) is 2. The van der Waals surface area contributed by atoms with Crippen LogP contribution in [0.4, 0.5) is 10.5 Å². The van der Waals surface area contributed by atoms with Crippen LogP contribution in [0.3, 0.4) is 0 Å². The van der Waals surface area contributed by atoms with Crippen LogP contribution < -0.4 is 15.5 Å². The maximum absolute atomic E-state index is 12.0. The lowest BCUT2D eigenvalue weighted by Crippen LogP contribution is -2.48. The zero-order chi connectivity index (χ0) is 21.3. The van der Waals surface area contributed by atoms with Gasteiger partial charge in [-0.05, 0) is 30.5 Å². The van der Waals surface area contributed by atoms with Crippen molar-refractivity contribution in [3.63, 3.8) is 0 Å². The van der Waals surface area contributed by atoms with Gasteiger partial charge in [0.25, 0.3) is 0 Å². The minimum absolute atomic E-state index is 0.186. The number of anilines is 1. The molecule has 1 unspecified atom stereocenters. The van der Waals surface area contributed by atoms with Crippen molar-refractivity contribution >= 4 is 23.6 Å². The SMILES string of the molecule is CCCCOC(=O)NCCN1CCN(c2ccc(C3CCC(=O)NC3=O)cc2)CC1. The van der Waals surface area contributed by atoms with E-state index in [2.05, 4.69) is 39.5 Å². The number of benzene rings is 1. The molecule has 0 saturated carbocycles. The van der Waals surface area contributed by atoms with Crippen molar-refractivity contribution < 1.29 is 19.1 Å². The van der Waals surface area contributed by atoms with Gasteiger partial charge in [0.05, 0.1) is 12.5 Å². The Balaban J connectivity index is 1.39. The molecule has 1 aromatic carbocycles. The highest BCUT2D eigenvalue weighted by atomic mass is 16.5. The number of hydrogen-bond donors (Lipinski definition) is 2. The second-order valence-corrected chi connectivity index (χ2v) is 7.84. The van der Waals surface area contributed by atoms with Crippen LogP contribution in [0.1, 0.15) is 44.1 Å². The van der Waals surface area contributed by atoms with Gasteiger partial charge in [-0.25, -0.2) is 4.79 Å². The molecule has 2 heterocycles. The lowest BCUT2D eigenvalue weighted by atomic mass is 9.90. The average Bonchev–Trinajstić information content (AvgIpc) is 2.75. The number of alkyl carbamates (subject to hydrolysis) is 1. The molecule has 30 heavy (non-hydrogen) atoms. The Morgan fingerprint density at radius 1 is 1.17 bits per heavy atom. The number of hydrogen-bond acceptors (Lipinski definition) is 6. The molecule has 2 saturated heterocycles. The Morgan fingerprint density at radius 3 is 2.57 bits per heavy atom. The number of carbonyl (C=O) groups excluding carboxylic acids is 3. The molecule has 2 N–H and O–H groups in total. The molecule has 8 heteroatoms. The second kappa shape index (κ2) is 11.0. The van der Waals surface area contributed by atoms with Gasteiger partial charge in [-0.15, -0.1) is 0 Å². The molecule has 2 aliphatic heterocycles. The first-order valence-electron chi connectivity index (χ1n) is 10.9. The number of nitrogens with one attached hydrogen (secondary N) is 2. The van der Waals surface area contributed by atoms with Crippen LogP contribution in [-0.2, 0) is 14.3 Å². The zero-order valence-corrected chi connectivity index (χ0v) is 17.7. The number of carbonyl (C=O) groups is 3. The predicted molar refractivity (Wildman–Crippen MR) is 114 cm³/mol. The van der Waals surface area contributed by atoms with Gasteiger partial charge >= 0.3 is 6.09 Å². The predicted octanol–water partition coefficient (Wildman–Crippen LogP) is 1.86. The highest BCUT2D eigenvalue weighted by Crippen LogP contribution is 2.27. The minimum Gasteiger partial charge on any atom is -0.450 e. The van der Waals surface area contributed by atoms with E-state index in [1.165, 1.54) is 0 Å². The molecule has 3 amide bonds. The van der Waals surface area contributed by atoms with Gasteiger partial charge in [0.1, 0.15) is 0 Å². The van der Waals surface area contributed by atoms with Gasteiger partial charge in [-0.3, -0.25) is 19.8 Å². The summed E-state index contributed by atoms with van der Waals surface area (Å²) >= 11 is 0. The quantitative estimate of drug-likeness (QED) is 0.497. The molecule has 164 valence electrons. The Hall–Kier alpha value is -2.61. The summed E-state index contributed by atoms with van der Waals surface area (Å²) in [4.78, 5) is 39.6. The van der Waals surface area contributed by atoms with Crippen molar-refractivity contribution in [3.8, 4) is 0 Å². The van der Waals surface area contributed by atoms with Crippen molar-refractivity contribution in [1.82, 2.24) is 15.5 Å². The Labute approximate surface area is 177 Å². The maximum Gasteiger partial charge on any atom is 0.407 e. The third-order valence-electron chi connectivity index (χ3n) is 5.70. The molecule has 2 aliphatic rings. The largest absolute Gasteiger partial charge is 0.450 e. The summed E-state index contributed by atoms with van der Waals surface area (Å²) < 4.78 is 5.09. The topological polar surface area (TPSA) is 91.0 Å². The van der Waals surface area contributed by atoms with Crippen molar-refractivity contribution in [1.29, 1.82) is 0 Å². The third kappa shape index (κ3) is 6.19. The number of amides is 3. The van der Waals surface area contributed by atoms with Crippen LogP contribution in [0.5, 0.6) is 0 Å². The van der Waals surface area contributed by atoms with Gasteiger partial charge < -0.3 is 15.0 Å². The van der Waals surface area contributed by atoms with Crippen molar-refractivity contribution in [2.75, 3.05) is 50.8 Å². The fourth-order valence-electron chi connectivity index (χ4n) is 3.84. The fourth-order valence-corrected chi connectivity index (χ4v) is 3.84. The van der Waals surface area contributed by atoms with Gasteiger partial charge in [-0.1, -0.05) is 25.5 Å². The van der Waals surface area contributed by atoms with E-state index in [9.17, 15) is 14.4 Å². The van der Waals surface area contributed by atoms with Crippen LogP contribution in [0.25, 0.3) is 0 Å². The van der Waals surface area contributed by atoms with Crippen molar-refractivity contribution in [3.05, 3.63) is 29.8 Å². The second-order valence-electron chi connectivity index (χ2n) is 7.84. The Morgan fingerprint density at radius 2 is 1.90 bits per heavy atom. The molecular formula is C22H32N4O4. The molecular weight excluding hydrogens is 384 g/mol. The molecule has 8 nitrogen and oxygen atoms in total. The number of ether oxygens (including phenoxy) is 1. The average molecular weight is 417 g/mol. The summed E-state index contributed by atoms with van der Waals surface area (Å²) in [5.74, 6) is -0.625. The third-order valence-corrected chi connectivity index (χ3v) is 5.70. The number of piperazine rings is 1. The standard InChI is InChI=1S/C22H32N4O4/c1-2-3-16-30-22(29)23-10-11-25-12-14-26(15-13-25)18-6-4-17(5-7-18)19-8-9-20(27)24-21(19)28/h4-7,19H,2-3,8-16H2,1H3,(H,23,29)(H,24,27,28). The van der Waals surface area contributed by atoms with Crippen molar-refractivity contribution in [2.45, 2.75) is 38.5 Å². The van der Waals surface area contributed by atoms with E-state index in [1.54, 1.807) is 0 Å². The lowest BCUT2D eigenvalue weighted by Gasteiger charge is -2.36. The van der Waals surface area contributed by atoms with Gasteiger partial charge in [0, 0.05) is 51.4 Å². The lowest BCUT2D eigenvalue weighted by molar-refractivity contribution is -0.134. The number of rotatable bonds is 8. The molecule has 0 bridgehead atoms. The number of piperidine rings is 1. The molecule has 0 spiro atoms. The summed E-state index contributed by atoms with van der Waals surface area (Å²) in [6, 6.07) is 8.11. The maximum atomic E-state index is 12.0. The Bertz CT molecular complexity index is 729. The number of unbranched alkanes of at least 4 members (excludes halogenated alkanes) is 1. The van der Waals surface area contributed by atoms with Crippen molar-refractivity contribution in [2.24, 2.45) is 0 Å². The summed E-state index contributed by atoms with van der Waals surface area (Å²) in [6.07, 6.45) is 2.54. The summed E-state index contributed by atoms with van der Waals surface area (Å²) in [5.41, 5.74) is 2.10. The van der Waals surface area contributed by atoms with E-state index in [-0.39, 0.29) is 23.8 Å². The van der Waals surface area contributed by atoms with E-state index in [0.717, 1.165) is 56.8 Å². The molecule has 0 radical (unpaired) electrons. The first kappa shape index (κ1) is 22.1. The molecule has 3 rings (SSSR count). The monoisotopic (exact) mass is 416 g/mol. The van der Waals surface area contributed by atoms with Gasteiger partial charge in [0.2, 0.25) is 11.8 Å². The van der Waals surface area contributed by atoms with Crippen LogP contribution in [0.15, 0.2) is 24.3 Å². The molecule has 1 atom stereocenters. The van der Waals surface area contributed by atoms with Gasteiger partial charge in [0.15, 0.2) is 0 Å².